The summed E-state index contributed by atoms with van der Waals surface area (Å²) in [6.45, 7) is 5.76. The molecule has 1 amide bonds. The number of hydrogen-bond acceptors (Lipinski definition) is 4. The van der Waals surface area contributed by atoms with Gasteiger partial charge < -0.3 is 10.1 Å². The maximum Gasteiger partial charge on any atom is 0.269 e. The summed E-state index contributed by atoms with van der Waals surface area (Å²) in [5, 5.41) is 11.2. The highest BCUT2D eigenvalue weighted by Gasteiger charge is 2.27. The van der Waals surface area contributed by atoms with Crippen LogP contribution in [-0.2, 0) is 6.54 Å². The molecule has 2 aromatic carbocycles. The number of aromatic nitrogens is 2. The number of amides is 1. The van der Waals surface area contributed by atoms with Gasteiger partial charge in [0.15, 0.2) is 0 Å². The van der Waals surface area contributed by atoms with Gasteiger partial charge in [-0.05, 0) is 26.0 Å². The number of hydrogen-bond donors (Lipinski definition) is 2. The molecule has 0 saturated heterocycles. The van der Waals surface area contributed by atoms with Crippen LogP contribution >= 0.6 is 0 Å². The van der Waals surface area contributed by atoms with Crippen molar-refractivity contribution in [3.63, 3.8) is 0 Å². The van der Waals surface area contributed by atoms with Crippen molar-refractivity contribution in [3.05, 3.63) is 71.4 Å². The van der Waals surface area contributed by atoms with Crippen LogP contribution in [0.1, 0.15) is 34.7 Å². The third kappa shape index (κ3) is 3.64. The first-order chi connectivity index (χ1) is 13.7. The zero-order chi connectivity index (χ0) is 19.5. The van der Waals surface area contributed by atoms with Crippen LogP contribution in [0.4, 0.5) is 0 Å². The van der Waals surface area contributed by atoms with Crippen LogP contribution in [0, 0.1) is 6.92 Å². The Morgan fingerprint density at radius 2 is 2.00 bits per heavy atom. The second-order valence-electron chi connectivity index (χ2n) is 6.87. The zero-order valence-electron chi connectivity index (χ0n) is 16.1. The second kappa shape index (κ2) is 7.86. The van der Waals surface area contributed by atoms with Crippen molar-refractivity contribution < 1.29 is 9.53 Å². The van der Waals surface area contributed by atoms with E-state index in [0.717, 1.165) is 22.6 Å². The van der Waals surface area contributed by atoms with Crippen LogP contribution in [0.3, 0.4) is 0 Å². The second-order valence-corrected chi connectivity index (χ2v) is 6.87. The minimum absolute atomic E-state index is 0.0985. The maximum atomic E-state index is 12.3. The normalized spacial score (nSPS) is 15.8. The molecule has 2 N–H and O–H groups in total. The van der Waals surface area contributed by atoms with Crippen molar-refractivity contribution in [1.82, 2.24) is 20.4 Å². The smallest absolute Gasteiger partial charge is 0.269 e. The van der Waals surface area contributed by atoms with Gasteiger partial charge in [-0.2, -0.15) is 5.10 Å². The summed E-state index contributed by atoms with van der Waals surface area (Å²) in [6, 6.07) is 18.0. The van der Waals surface area contributed by atoms with Gasteiger partial charge in [-0.3, -0.25) is 10.1 Å². The minimum Gasteiger partial charge on any atom is -0.494 e. The predicted molar refractivity (Wildman–Crippen MR) is 108 cm³/mol. The van der Waals surface area contributed by atoms with Crippen LogP contribution in [0.15, 0.2) is 54.6 Å². The average molecular weight is 376 g/mol. The van der Waals surface area contributed by atoms with E-state index in [1.165, 1.54) is 5.56 Å². The van der Waals surface area contributed by atoms with Crippen molar-refractivity contribution in [1.29, 1.82) is 0 Å². The highest BCUT2D eigenvalue weighted by molar-refractivity contribution is 5.94. The van der Waals surface area contributed by atoms with Crippen LogP contribution in [0.2, 0.25) is 0 Å². The molecule has 0 saturated carbocycles. The molecule has 6 nitrogen and oxygen atoms in total. The van der Waals surface area contributed by atoms with Gasteiger partial charge in [-0.1, -0.05) is 48.0 Å². The van der Waals surface area contributed by atoms with Crippen LogP contribution in [0.25, 0.3) is 11.3 Å². The Kier molecular flexibility index (Phi) is 5.12. The molecule has 2 heterocycles. The van der Waals surface area contributed by atoms with Gasteiger partial charge >= 0.3 is 0 Å². The molecule has 144 valence electrons. The number of para-hydroxylation sites is 1. The van der Waals surface area contributed by atoms with Gasteiger partial charge in [0.2, 0.25) is 0 Å². The Bertz CT molecular complexity index is 978. The predicted octanol–water partition coefficient (Wildman–Crippen LogP) is 3.29. The molecule has 0 bridgehead atoms. The molecule has 1 atom stereocenters. The van der Waals surface area contributed by atoms with E-state index in [-0.39, 0.29) is 12.1 Å². The number of fused-ring (bicyclic) bond motifs is 1. The number of benzene rings is 2. The quantitative estimate of drug-likeness (QED) is 0.693. The van der Waals surface area contributed by atoms with Gasteiger partial charge in [-0.15, -0.1) is 0 Å². The lowest BCUT2D eigenvalue weighted by Crippen LogP contribution is -2.45. The first-order valence-electron chi connectivity index (χ1n) is 9.54. The third-order valence-electron chi connectivity index (χ3n) is 4.87. The van der Waals surface area contributed by atoms with Crippen molar-refractivity contribution in [3.8, 4) is 17.0 Å². The average Bonchev–Trinajstić information content (AvgIpc) is 3.16. The summed E-state index contributed by atoms with van der Waals surface area (Å²) < 4.78 is 7.49. The number of nitrogens with zero attached hydrogens (tertiary/aromatic N) is 2. The summed E-state index contributed by atoms with van der Waals surface area (Å²) in [7, 11) is 0. The number of nitrogens with one attached hydrogen (secondary N) is 2. The summed E-state index contributed by atoms with van der Waals surface area (Å²) in [5.41, 5.74) is 4.64. The Morgan fingerprint density at radius 1 is 1.21 bits per heavy atom. The molecule has 1 unspecified atom stereocenters. The van der Waals surface area contributed by atoms with E-state index < -0.39 is 0 Å². The molecule has 1 aliphatic rings. The van der Waals surface area contributed by atoms with Gasteiger partial charge in [0.1, 0.15) is 17.6 Å². The van der Waals surface area contributed by atoms with E-state index in [0.29, 0.717) is 25.4 Å². The van der Waals surface area contributed by atoms with Gasteiger partial charge in [0, 0.05) is 17.7 Å². The van der Waals surface area contributed by atoms with Crippen LogP contribution < -0.4 is 15.4 Å². The van der Waals surface area contributed by atoms with Crippen molar-refractivity contribution in [2.24, 2.45) is 0 Å². The number of ether oxygens (including phenoxy) is 1. The molecule has 1 aromatic heterocycles. The fourth-order valence-electron chi connectivity index (χ4n) is 3.37. The van der Waals surface area contributed by atoms with Gasteiger partial charge in [-0.25, -0.2) is 4.68 Å². The Labute approximate surface area is 164 Å². The largest absolute Gasteiger partial charge is 0.494 e. The van der Waals surface area contributed by atoms with Crippen LogP contribution in [0.5, 0.6) is 5.75 Å². The molecule has 0 spiro atoms. The monoisotopic (exact) mass is 376 g/mol. The highest BCUT2D eigenvalue weighted by atomic mass is 16.5. The van der Waals surface area contributed by atoms with Crippen molar-refractivity contribution in [2.45, 2.75) is 26.6 Å². The lowest BCUT2D eigenvalue weighted by atomic mass is 10.1. The number of aryl methyl sites for hydroxylation is 1. The number of rotatable bonds is 6. The van der Waals surface area contributed by atoms with Crippen LogP contribution in [-0.4, -0.2) is 28.8 Å². The molecule has 0 fully saturated rings. The topological polar surface area (TPSA) is 68.2 Å². The summed E-state index contributed by atoms with van der Waals surface area (Å²) in [6.07, 6.45) is -0.124. The molecule has 28 heavy (non-hydrogen) atoms. The Balaban J connectivity index is 1.57. The summed E-state index contributed by atoms with van der Waals surface area (Å²) in [5.74, 6) is 0.775. The first-order valence-corrected chi connectivity index (χ1v) is 9.54. The van der Waals surface area contributed by atoms with E-state index in [2.05, 4.69) is 17.6 Å². The number of carbonyl (C=O) groups is 1. The first kappa shape index (κ1) is 18.3. The molecular weight excluding hydrogens is 352 g/mol. The summed E-state index contributed by atoms with van der Waals surface area (Å²) in [4.78, 5) is 12.3. The Morgan fingerprint density at radius 3 is 2.79 bits per heavy atom. The SMILES string of the molecule is CCOc1ccccc1CNC1CNC(=O)c2cc(-c3ccc(C)cc3)nn21. The molecule has 4 rings (SSSR count). The summed E-state index contributed by atoms with van der Waals surface area (Å²) >= 11 is 0. The van der Waals surface area contributed by atoms with Gasteiger partial charge in [0.05, 0.1) is 18.8 Å². The molecule has 3 aromatic rings. The van der Waals surface area contributed by atoms with Crippen molar-refractivity contribution >= 4 is 5.91 Å². The van der Waals surface area contributed by atoms with Crippen molar-refractivity contribution in [2.75, 3.05) is 13.2 Å². The van der Waals surface area contributed by atoms with E-state index in [1.54, 1.807) is 4.68 Å². The zero-order valence-corrected chi connectivity index (χ0v) is 16.1. The molecule has 6 heteroatoms. The highest BCUT2D eigenvalue weighted by Crippen LogP contribution is 2.24. The Hall–Kier alpha value is -3.12. The molecule has 1 aliphatic heterocycles. The standard InChI is InChI=1S/C22H24N4O2/c1-3-28-20-7-5-4-6-17(20)13-23-21-14-24-22(27)19-12-18(25-26(19)21)16-10-8-15(2)9-11-16/h4-12,21,23H,3,13-14H2,1-2H3,(H,24,27). The lowest BCUT2D eigenvalue weighted by Gasteiger charge is -2.26. The van der Waals surface area contributed by atoms with E-state index in [1.807, 2.05) is 61.5 Å². The fourth-order valence-corrected chi connectivity index (χ4v) is 3.37. The molecule has 0 aliphatic carbocycles. The lowest BCUT2D eigenvalue weighted by molar-refractivity contribution is 0.0900. The third-order valence-corrected chi connectivity index (χ3v) is 4.87. The molecular formula is C22H24N4O2. The minimum atomic E-state index is -0.124. The van der Waals surface area contributed by atoms with E-state index in [9.17, 15) is 4.79 Å². The van der Waals surface area contributed by atoms with E-state index >= 15 is 0 Å². The van der Waals surface area contributed by atoms with Gasteiger partial charge in [0.25, 0.3) is 5.91 Å². The molecule has 0 radical (unpaired) electrons. The maximum absolute atomic E-state index is 12.3. The number of carbonyl (C=O) groups excluding carboxylic acids is 1. The fraction of sp³-hybridized carbons (Fsp3) is 0.273. The van der Waals surface area contributed by atoms with E-state index in [4.69, 9.17) is 9.84 Å².